The summed E-state index contributed by atoms with van der Waals surface area (Å²) in [6.45, 7) is 0.488. The highest BCUT2D eigenvalue weighted by atomic mass is 16.6. The summed E-state index contributed by atoms with van der Waals surface area (Å²) in [6.07, 6.45) is -2.48. The fraction of sp³-hybridized carbons (Fsp3) is 0.458. The third-order valence-electron chi connectivity index (χ3n) is 4.53. The fourth-order valence-electron chi connectivity index (χ4n) is 2.51. The van der Waals surface area contributed by atoms with Crippen LogP contribution in [-0.4, -0.2) is 140 Å². The van der Waals surface area contributed by atoms with Crippen LogP contribution in [0.5, 0.6) is 0 Å². The third-order valence-corrected chi connectivity index (χ3v) is 4.53. The number of ether oxygens (including phenoxy) is 4. The first-order valence-corrected chi connectivity index (χ1v) is 12.9. The molecule has 0 aliphatic carbocycles. The number of carboxylic acid groups (broad SMARTS) is 3. The van der Waals surface area contributed by atoms with Crippen molar-refractivity contribution in [1.82, 2.24) is 26.6 Å². The lowest BCUT2D eigenvalue weighted by Crippen LogP contribution is -2.50. The van der Waals surface area contributed by atoms with Crippen LogP contribution in [0, 0.1) is 0 Å². The van der Waals surface area contributed by atoms with Gasteiger partial charge in [-0.1, -0.05) is 0 Å². The van der Waals surface area contributed by atoms with Crippen LogP contribution in [0.2, 0.25) is 0 Å². The van der Waals surface area contributed by atoms with Crippen LogP contribution in [0.1, 0.15) is 26.2 Å². The maximum atomic E-state index is 11.3. The summed E-state index contributed by atoms with van der Waals surface area (Å²) >= 11 is 0. The number of carbonyl (C=O) groups excluding carboxylic acids is 10. The van der Waals surface area contributed by atoms with Gasteiger partial charge in [-0.3, -0.25) is 34.6 Å². The van der Waals surface area contributed by atoms with Crippen LogP contribution in [0.15, 0.2) is 0 Å². The van der Waals surface area contributed by atoms with Gasteiger partial charge in [-0.05, 0) is 0 Å². The van der Waals surface area contributed by atoms with E-state index in [-0.39, 0.29) is 32.3 Å². The van der Waals surface area contributed by atoms with Crippen LogP contribution in [0.25, 0.3) is 0 Å². The van der Waals surface area contributed by atoms with Crippen molar-refractivity contribution in [3.63, 3.8) is 0 Å². The van der Waals surface area contributed by atoms with Gasteiger partial charge in [-0.25, -0.2) is 24.0 Å². The van der Waals surface area contributed by atoms with E-state index in [1.54, 1.807) is 0 Å². The molecule has 274 valence electrons. The van der Waals surface area contributed by atoms with Crippen molar-refractivity contribution in [2.45, 2.75) is 56.8 Å². The average Bonchev–Trinajstić information content (AvgIpc) is 3.02. The Labute approximate surface area is 274 Å². The lowest BCUT2D eigenvalue weighted by Gasteiger charge is -2.18. The predicted octanol–water partition coefficient (Wildman–Crippen LogP) is -4.84. The molecule has 0 aromatic carbocycles. The van der Waals surface area contributed by atoms with Gasteiger partial charge in [0.25, 0.3) is 25.9 Å². The van der Waals surface area contributed by atoms with Crippen molar-refractivity contribution in [1.29, 1.82) is 0 Å². The van der Waals surface area contributed by atoms with E-state index in [0.29, 0.717) is 18.9 Å². The molecular weight excluding hydrogens is 678 g/mol. The second-order valence-corrected chi connectivity index (χ2v) is 8.12. The van der Waals surface area contributed by atoms with E-state index in [0.717, 1.165) is 0 Å². The summed E-state index contributed by atoms with van der Waals surface area (Å²) in [5, 5.41) is 35.8. The maximum Gasteiger partial charge on any atom is 0.326 e. The first-order chi connectivity index (χ1) is 23.2. The molecule has 0 aliphatic rings. The first kappa shape index (κ1) is 46.7. The maximum absolute atomic E-state index is 11.3. The SMILES string of the molecule is CC(=O)NC(CC=O)C(=O)O.O=CCC(NC(=O)NC(COC=O)OC=O)C(=O)O.O=CC[C@H](NC(=O)N[C@@H](COC=O)OC=O)C(=O)O. The number of urea groups is 2. The third kappa shape index (κ3) is 27.4. The van der Waals surface area contributed by atoms with E-state index in [9.17, 15) is 62.3 Å². The molecule has 3 unspecified atom stereocenters. The van der Waals surface area contributed by atoms with E-state index >= 15 is 0 Å². The van der Waals surface area contributed by atoms with Gasteiger partial charge in [0.05, 0.1) is 0 Å². The lowest BCUT2D eigenvalue weighted by atomic mass is 10.2. The molecule has 0 fully saturated rings. The smallest absolute Gasteiger partial charge is 0.326 e. The second kappa shape index (κ2) is 30.0. The molecule has 0 spiro atoms. The summed E-state index contributed by atoms with van der Waals surface area (Å²) in [4.78, 5) is 135. The molecule has 8 N–H and O–H groups in total. The Bertz CT molecular complexity index is 1070. The molecule has 49 heavy (non-hydrogen) atoms. The van der Waals surface area contributed by atoms with Crippen LogP contribution in [-0.2, 0) is 71.7 Å². The number of carboxylic acids is 3. The summed E-state index contributed by atoms with van der Waals surface area (Å²) < 4.78 is 17.3. The molecule has 0 saturated carbocycles. The zero-order valence-corrected chi connectivity index (χ0v) is 25.2. The monoisotopic (exact) mass is 711 g/mol. The van der Waals surface area contributed by atoms with Gasteiger partial charge >= 0.3 is 30.0 Å². The molecule has 25 nitrogen and oxygen atoms in total. The molecular formula is C24H33N5O20. The Morgan fingerprint density at radius 1 is 0.510 bits per heavy atom. The van der Waals surface area contributed by atoms with Gasteiger partial charge in [-0.2, -0.15) is 0 Å². The minimum Gasteiger partial charge on any atom is -0.480 e. The number of nitrogens with one attached hydrogen (secondary N) is 5. The number of aldehydes is 3. The van der Waals surface area contributed by atoms with Gasteiger partial charge in [0.1, 0.15) is 50.2 Å². The summed E-state index contributed by atoms with van der Waals surface area (Å²) in [5.41, 5.74) is 0. The number of rotatable bonds is 24. The Balaban J connectivity index is -0.000000673. The van der Waals surface area contributed by atoms with Crippen LogP contribution < -0.4 is 26.6 Å². The van der Waals surface area contributed by atoms with Gasteiger partial charge in [0.2, 0.25) is 18.4 Å². The molecule has 5 amide bonds. The Kier molecular flexibility index (Phi) is 28.6. The Hall–Kier alpha value is -6.69. The molecule has 5 atom stereocenters. The zero-order valence-electron chi connectivity index (χ0n) is 25.2. The quantitative estimate of drug-likeness (QED) is 0.0264. The van der Waals surface area contributed by atoms with E-state index in [1.807, 2.05) is 21.3 Å². The predicted molar refractivity (Wildman–Crippen MR) is 149 cm³/mol. The van der Waals surface area contributed by atoms with Crippen molar-refractivity contribution in [2.75, 3.05) is 13.2 Å². The number of aliphatic carboxylic acids is 3. The van der Waals surface area contributed by atoms with Crippen LogP contribution in [0.4, 0.5) is 9.59 Å². The van der Waals surface area contributed by atoms with E-state index in [1.165, 1.54) is 6.92 Å². The van der Waals surface area contributed by atoms with Crippen LogP contribution >= 0.6 is 0 Å². The van der Waals surface area contributed by atoms with Crippen molar-refractivity contribution in [2.24, 2.45) is 0 Å². The molecule has 25 heteroatoms. The van der Waals surface area contributed by atoms with E-state index in [4.69, 9.17) is 15.3 Å². The van der Waals surface area contributed by atoms with E-state index < -0.39 is 92.5 Å². The van der Waals surface area contributed by atoms with E-state index in [2.05, 4.69) is 24.3 Å². The summed E-state index contributed by atoms with van der Waals surface area (Å²) in [5.74, 6) is -4.47. The zero-order chi connectivity index (χ0) is 38.2. The Morgan fingerprint density at radius 3 is 1.04 bits per heavy atom. The van der Waals surface area contributed by atoms with Gasteiger partial charge < -0.3 is 64.6 Å². The average molecular weight is 712 g/mol. The number of carbonyl (C=O) groups is 13. The van der Waals surface area contributed by atoms with Gasteiger partial charge in [0.15, 0.2) is 0 Å². The number of hydrogen-bond donors (Lipinski definition) is 8. The molecule has 0 bridgehead atoms. The fourth-order valence-corrected chi connectivity index (χ4v) is 2.51. The second-order valence-electron chi connectivity index (χ2n) is 8.12. The Morgan fingerprint density at radius 2 is 0.816 bits per heavy atom. The highest BCUT2D eigenvalue weighted by Crippen LogP contribution is 1.93. The minimum absolute atomic E-state index is 0.0131. The first-order valence-electron chi connectivity index (χ1n) is 12.9. The largest absolute Gasteiger partial charge is 0.480 e. The summed E-state index contributed by atoms with van der Waals surface area (Å²) in [6, 6.07) is -5.93. The van der Waals surface area contributed by atoms with Crippen molar-refractivity contribution >= 4 is 80.6 Å². The molecule has 0 rings (SSSR count). The topological polar surface area (TPSA) is 380 Å². The van der Waals surface area contributed by atoms with Crippen molar-refractivity contribution in [3.8, 4) is 0 Å². The lowest BCUT2D eigenvalue weighted by molar-refractivity contribution is -0.143. The highest BCUT2D eigenvalue weighted by molar-refractivity contribution is 5.85. The summed E-state index contributed by atoms with van der Waals surface area (Å²) in [7, 11) is 0. The van der Waals surface area contributed by atoms with Crippen molar-refractivity contribution < 1.29 is 96.6 Å². The molecule has 0 heterocycles. The normalized spacial score (nSPS) is 12.3. The standard InChI is InChI=1S/2C9H12N2O8.C6H9NO4/c2*12-2-1-6(8(15)16)10-9(17)11-7(19-5-14)3-18-4-13;1-4(9)7-5(2-3-8)6(10)11/h2*2,4-7H,1,3H2,(H,15,16)(H2,10,11,17);3,5H,2H2,1H3,(H,7,9)(H,10,11)/t6-,7+;;/m0../s1. The molecule has 0 radical (unpaired) electrons. The molecule has 0 saturated heterocycles. The van der Waals surface area contributed by atoms with Crippen molar-refractivity contribution in [3.05, 3.63) is 0 Å². The molecule has 0 aromatic heterocycles. The minimum atomic E-state index is -1.42. The highest BCUT2D eigenvalue weighted by Gasteiger charge is 2.23. The van der Waals surface area contributed by atoms with Crippen LogP contribution in [0.3, 0.4) is 0 Å². The molecule has 0 aromatic rings. The number of amides is 5. The number of hydrogen-bond acceptors (Lipinski definition) is 17. The van der Waals surface area contributed by atoms with Gasteiger partial charge in [-0.15, -0.1) is 0 Å². The molecule has 0 aliphatic heterocycles. The van der Waals surface area contributed by atoms with Gasteiger partial charge in [0, 0.05) is 26.2 Å².